The zero-order chi connectivity index (χ0) is 20.1. The zero-order valence-corrected chi connectivity index (χ0v) is 18.3. The molecule has 0 unspecified atom stereocenters. The number of hydrogen-bond acceptors (Lipinski definition) is 8. The lowest BCUT2D eigenvalue weighted by Gasteiger charge is -2.35. The monoisotopic (exact) mass is 426 g/mol. The van der Waals surface area contributed by atoms with Gasteiger partial charge in [-0.25, -0.2) is 15.0 Å². The van der Waals surface area contributed by atoms with Gasteiger partial charge in [-0.15, -0.1) is 22.7 Å². The summed E-state index contributed by atoms with van der Waals surface area (Å²) in [6, 6.07) is 2.18. The van der Waals surface area contributed by atoms with Crippen LogP contribution in [0.5, 0.6) is 0 Å². The summed E-state index contributed by atoms with van der Waals surface area (Å²) >= 11 is 3.31. The third kappa shape index (κ3) is 3.33. The lowest BCUT2D eigenvalue weighted by Crippen LogP contribution is -2.46. The fourth-order valence-electron chi connectivity index (χ4n) is 3.92. The SMILES string of the molecule is Cc1cc2c(N3CCN(Cc4nc5sc(C)c(C)c5c(=O)[nH]4)CC3)ncnc2s1. The first-order valence-electron chi connectivity index (χ1n) is 9.67. The molecule has 0 bridgehead atoms. The van der Waals surface area contributed by atoms with Gasteiger partial charge in [-0.1, -0.05) is 0 Å². The van der Waals surface area contributed by atoms with Crippen molar-refractivity contribution in [1.82, 2.24) is 24.8 Å². The molecule has 1 aliphatic heterocycles. The fraction of sp³-hybridized carbons (Fsp3) is 0.400. The second-order valence-electron chi connectivity index (χ2n) is 7.51. The smallest absolute Gasteiger partial charge is 0.259 e. The van der Waals surface area contributed by atoms with Gasteiger partial charge in [0.1, 0.15) is 27.6 Å². The van der Waals surface area contributed by atoms with Gasteiger partial charge in [0.2, 0.25) is 0 Å². The molecular formula is C20H22N6OS2. The normalized spacial score (nSPS) is 15.6. The Hall–Kier alpha value is -2.36. The van der Waals surface area contributed by atoms with E-state index >= 15 is 0 Å². The summed E-state index contributed by atoms with van der Waals surface area (Å²) in [5.74, 6) is 1.77. The summed E-state index contributed by atoms with van der Waals surface area (Å²) in [5.41, 5.74) is 1.01. The predicted octanol–water partition coefficient (Wildman–Crippen LogP) is 3.24. The van der Waals surface area contributed by atoms with E-state index in [9.17, 15) is 4.79 Å². The molecule has 4 aromatic heterocycles. The van der Waals surface area contributed by atoms with Crippen molar-refractivity contribution in [2.75, 3.05) is 31.1 Å². The maximum atomic E-state index is 12.5. The minimum absolute atomic E-state index is 0.0262. The number of fused-ring (bicyclic) bond motifs is 2. The van der Waals surface area contributed by atoms with Crippen LogP contribution in [0.25, 0.3) is 20.4 Å². The van der Waals surface area contributed by atoms with Crippen molar-refractivity contribution in [3.63, 3.8) is 0 Å². The van der Waals surface area contributed by atoms with Crippen LogP contribution in [0.2, 0.25) is 0 Å². The van der Waals surface area contributed by atoms with Crippen LogP contribution >= 0.6 is 22.7 Å². The van der Waals surface area contributed by atoms with E-state index in [0.29, 0.717) is 6.54 Å². The molecule has 4 aromatic rings. The van der Waals surface area contributed by atoms with E-state index in [4.69, 9.17) is 4.98 Å². The number of aryl methyl sites for hydroxylation is 3. The Kier molecular flexibility index (Phi) is 4.60. The highest BCUT2D eigenvalue weighted by atomic mass is 32.1. The van der Waals surface area contributed by atoms with E-state index in [1.54, 1.807) is 29.0 Å². The van der Waals surface area contributed by atoms with Crippen LogP contribution in [-0.2, 0) is 6.54 Å². The first-order chi connectivity index (χ1) is 14.0. The van der Waals surface area contributed by atoms with E-state index < -0.39 is 0 Å². The fourth-order valence-corrected chi connectivity index (χ4v) is 5.81. The Morgan fingerprint density at radius 2 is 1.86 bits per heavy atom. The van der Waals surface area contributed by atoms with E-state index in [0.717, 1.165) is 68.7 Å². The highest BCUT2D eigenvalue weighted by Gasteiger charge is 2.22. The summed E-state index contributed by atoms with van der Waals surface area (Å²) in [5, 5.41) is 1.88. The topological polar surface area (TPSA) is 78.0 Å². The first kappa shape index (κ1) is 18.7. The Bertz CT molecular complexity index is 1270. The summed E-state index contributed by atoms with van der Waals surface area (Å²) in [6.45, 7) is 10.4. The summed E-state index contributed by atoms with van der Waals surface area (Å²) in [7, 11) is 0. The van der Waals surface area contributed by atoms with Gasteiger partial charge < -0.3 is 9.88 Å². The van der Waals surface area contributed by atoms with Gasteiger partial charge in [0.15, 0.2) is 0 Å². The highest BCUT2D eigenvalue weighted by molar-refractivity contribution is 7.19. The number of aromatic amines is 1. The molecule has 150 valence electrons. The molecule has 0 spiro atoms. The molecule has 0 saturated carbocycles. The maximum absolute atomic E-state index is 12.5. The Morgan fingerprint density at radius 3 is 2.66 bits per heavy atom. The zero-order valence-electron chi connectivity index (χ0n) is 16.7. The van der Waals surface area contributed by atoms with E-state index in [-0.39, 0.29) is 5.56 Å². The predicted molar refractivity (Wildman–Crippen MR) is 119 cm³/mol. The molecule has 1 fully saturated rings. The molecule has 0 atom stereocenters. The number of thiophene rings is 2. The van der Waals surface area contributed by atoms with Crippen molar-refractivity contribution in [3.8, 4) is 0 Å². The van der Waals surface area contributed by atoms with Crippen molar-refractivity contribution in [3.05, 3.63) is 43.9 Å². The molecule has 0 aliphatic carbocycles. The molecule has 5 heterocycles. The molecule has 1 N–H and O–H groups in total. The molecule has 29 heavy (non-hydrogen) atoms. The van der Waals surface area contributed by atoms with E-state index in [1.165, 1.54) is 4.88 Å². The van der Waals surface area contributed by atoms with E-state index in [1.807, 2.05) is 13.8 Å². The average molecular weight is 427 g/mol. The van der Waals surface area contributed by atoms with Crippen molar-refractivity contribution in [1.29, 1.82) is 0 Å². The lowest BCUT2D eigenvalue weighted by atomic mass is 10.2. The molecular weight excluding hydrogens is 404 g/mol. The summed E-state index contributed by atoms with van der Waals surface area (Å²) in [6.07, 6.45) is 1.66. The Labute approximate surface area is 176 Å². The second-order valence-corrected chi connectivity index (χ2v) is 9.95. The van der Waals surface area contributed by atoms with Gasteiger partial charge >= 0.3 is 0 Å². The number of H-pyrrole nitrogens is 1. The molecule has 7 nitrogen and oxygen atoms in total. The average Bonchev–Trinajstić information content (AvgIpc) is 3.21. The molecule has 0 amide bonds. The van der Waals surface area contributed by atoms with Gasteiger partial charge in [0, 0.05) is 35.9 Å². The van der Waals surface area contributed by atoms with Gasteiger partial charge in [-0.3, -0.25) is 9.69 Å². The van der Waals surface area contributed by atoms with Crippen molar-refractivity contribution in [2.24, 2.45) is 0 Å². The number of aromatic nitrogens is 4. The van der Waals surface area contributed by atoms with Crippen LogP contribution in [0.15, 0.2) is 17.2 Å². The lowest BCUT2D eigenvalue weighted by molar-refractivity contribution is 0.244. The Morgan fingerprint density at radius 1 is 1.07 bits per heavy atom. The third-order valence-electron chi connectivity index (χ3n) is 5.56. The van der Waals surface area contributed by atoms with Crippen LogP contribution in [0.4, 0.5) is 5.82 Å². The van der Waals surface area contributed by atoms with Crippen molar-refractivity contribution >= 4 is 48.9 Å². The van der Waals surface area contributed by atoms with Crippen LogP contribution in [0, 0.1) is 20.8 Å². The molecule has 1 saturated heterocycles. The first-order valence-corrected chi connectivity index (χ1v) is 11.3. The van der Waals surface area contributed by atoms with Gasteiger partial charge in [-0.05, 0) is 32.4 Å². The van der Waals surface area contributed by atoms with Crippen molar-refractivity contribution < 1.29 is 0 Å². The quantitative estimate of drug-likeness (QED) is 0.542. The minimum atomic E-state index is -0.0262. The summed E-state index contributed by atoms with van der Waals surface area (Å²) in [4.78, 5) is 38.1. The Balaban J connectivity index is 1.32. The number of nitrogens with zero attached hydrogens (tertiary/aromatic N) is 5. The van der Waals surface area contributed by atoms with Crippen LogP contribution in [0.3, 0.4) is 0 Å². The number of hydrogen-bond donors (Lipinski definition) is 1. The largest absolute Gasteiger partial charge is 0.353 e. The van der Waals surface area contributed by atoms with Gasteiger partial charge in [0.25, 0.3) is 5.56 Å². The van der Waals surface area contributed by atoms with Crippen LogP contribution in [0.1, 0.15) is 21.1 Å². The molecule has 1 aliphatic rings. The minimum Gasteiger partial charge on any atom is -0.353 e. The standard InChI is InChI=1S/C20H22N6OS2/c1-11-8-14-17(21-10-22-19(14)28-11)26-6-4-25(5-7-26)9-15-23-18(27)16-12(2)13(3)29-20(16)24-15/h8,10H,4-7,9H2,1-3H3,(H,23,24,27). The van der Waals surface area contributed by atoms with Gasteiger partial charge in [-0.2, -0.15) is 0 Å². The number of piperazine rings is 1. The summed E-state index contributed by atoms with van der Waals surface area (Å²) < 4.78 is 0. The van der Waals surface area contributed by atoms with Crippen molar-refractivity contribution in [2.45, 2.75) is 27.3 Å². The number of rotatable bonds is 3. The molecule has 9 heteroatoms. The van der Waals surface area contributed by atoms with Crippen LogP contribution < -0.4 is 10.5 Å². The maximum Gasteiger partial charge on any atom is 0.259 e. The number of anilines is 1. The molecule has 0 radical (unpaired) electrons. The second kappa shape index (κ2) is 7.16. The van der Waals surface area contributed by atoms with Gasteiger partial charge in [0.05, 0.1) is 17.3 Å². The highest BCUT2D eigenvalue weighted by Crippen LogP contribution is 2.30. The molecule has 0 aromatic carbocycles. The van der Waals surface area contributed by atoms with Crippen LogP contribution in [-0.4, -0.2) is 51.0 Å². The number of nitrogens with one attached hydrogen (secondary N) is 1. The molecule has 5 rings (SSSR count). The van der Waals surface area contributed by atoms with E-state index in [2.05, 4.69) is 37.7 Å². The third-order valence-corrected chi connectivity index (χ3v) is 7.62.